The molecular weight excluding hydrogens is 266 g/mol. The number of fused-ring (bicyclic) bond motifs is 3. The average Bonchev–Trinajstić information content (AvgIpc) is 2.77. The molecule has 0 N–H and O–H groups in total. The third kappa shape index (κ3) is 1.89. The summed E-state index contributed by atoms with van der Waals surface area (Å²) in [5, 5.41) is 0. The zero-order valence-electron chi connectivity index (χ0n) is 13.4. The summed E-state index contributed by atoms with van der Waals surface area (Å²) in [5.74, 6) is 0.450. The van der Waals surface area contributed by atoms with Crippen molar-refractivity contribution in [3.63, 3.8) is 0 Å². The van der Waals surface area contributed by atoms with E-state index < -0.39 is 0 Å². The van der Waals surface area contributed by atoms with Gasteiger partial charge in [-0.3, -0.25) is 4.99 Å². The van der Waals surface area contributed by atoms with E-state index in [1.807, 2.05) is 0 Å². The van der Waals surface area contributed by atoms with Gasteiger partial charge in [0.25, 0.3) is 0 Å². The average molecular weight is 287 g/mol. The van der Waals surface area contributed by atoms with E-state index in [2.05, 4.69) is 81.6 Å². The van der Waals surface area contributed by atoms with Gasteiger partial charge < -0.3 is 0 Å². The van der Waals surface area contributed by atoms with Crippen LogP contribution in [0.3, 0.4) is 0 Å². The summed E-state index contributed by atoms with van der Waals surface area (Å²) in [5.41, 5.74) is 6.97. The lowest BCUT2D eigenvalue weighted by molar-refractivity contribution is 0.658. The molecule has 0 spiro atoms. The Labute approximate surface area is 132 Å². The van der Waals surface area contributed by atoms with Crippen LogP contribution in [0.25, 0.3) is 11.1 Å². The van der Waals surface area contributed by atoms with Gasteiger partial charge in [0.15, 0.2) is 0 Å². The van der Waals surface area contributed by atoms with Crippen LogP contribution in [0, 0.1) is 5.92 Å². The van der Waals surface area contributed by atoms with Crippen LogP contribution in [0.15, 0.2) is 59.6 Å². The maximum Gasteiger partial charge on any atom is 0.0926 e. The first-order valence-corrected chi connectivity index (χ1v) is 8.03. The summed E-state index contributed by atoms with van der Waals surface area (Å²) in [6, 6.07) is 15.8. The van der Waals surface area contributed by atoms with E-state index in [1.165, 1.54) is 27.8 Å². The summed E-state index contributed by atoms with van der Waals surface area (Å²) < 4.78 is 0. The summed E-state index contributed by atoms with van der Waals surface area (Å²) in [6.45, 7) is 6.81. The molecule has 22 heavy (non-hydrogen) atoms. The van der Waals surface area contributed by atoms with Crippen molar-refractivity contribution < 1.29 is 0 Å². The number of dihydropyridines is 1. The Balaban J connectivity index is 1.83. The van der Waals surface area contributed by atoms with Crippen LogP contribution in [0.2, 0.25) is 0 Å². The highest BCUT2D eigenvalue weighted by Crippen LogP contribution is 2.49. The monoisotopic (exact) mass is 287 g/mol. The highest BCUT2D eigenvalue weighted by molar-refractivity contribution is 5.81. The molecule has 0 bridgehead atoms. The van der Waals surface area contributed by atoms with Gasteiger partial charge in [0.05, 0.1) is 6.04 Å². The number of hydrogen-bond donors (Lipinski definition) is 0. The molecule has 0 amide bonds. The maximum absolute atomic E-state index is 4.69. The zero-order valence-corrected chi connectivity index (χ0v) is 13.4. The van der Waals surface area contributed by atoms with E-state index in [-0.39, 0.29) is 11.5 Å². The first kappa shape index (κ1) is 13.5. The normalized spacial score (nSPS) is 24.1. The standard InChI is InChI=1S/C21H21N/c1-14-8-11-20(22-13-14)15-9-10-17-16-6-4-5-7-18(16)21(2,3)19(17)12-15/h4-14,20H,1-3H3. The SMILES string of the molecule is CC1C=CC(c2ccc3c(c2)C(C)(C)c2ccccc2-3)N=C1. The third-order valence-corrected chi connectivity index (χ3v) is 5.03. The molecule has 0 radical (unpaired) electrons. The van der Waals surface area contributed by atoms with Crippen molar-refractivity contribution in [1.82, 2.24) is 0 Å². The van der Waals surface area contributed by atoms with Crippen LogP contribution in [-0.4, -0.2) is 6.21 Å². The van der Waals surface area contributed by atoms with Crippen LogP contribution in [-0.2, 0) is 5.41 Å². The number of rotatable bonds is 1. The van der Waals surface area contributed by atoms with Gasteiger partial charge in [-0.1, -0.05) is 75.4 Å². The summed E-state index contributed by atoms with van der Waals surface area (Å²) in [4.78, 5) is 4.69. The minimum atomic E-state index is 0.0668. The van der Waals surface area contributed by atoms with Crippen molar-refractivity contribution in [2.45, 2.75) is 32.2 Å². The van der Waals surface area contributed by atoms with Crippen molar-refractivity contribution in [3.8, 4) is 11.1 Å². The summed E-state index contributed by atoms with van der Waals surface area (Å²) in [6.07, 6.45) is 6.52. The second-order valence-corrected chi connectivity index (χ2v) is 6.96. The van der Waals surface area contributed by atoms with Gasteiger partial charge in [-0.05, 0) is 27.8 Å². The quantitative estimate of drug-likeness (QED) is 0.630. The number of hydrogen-bond acceptors (Lipinski definition) is 1. The van der Waals surface area contributed by atoms with Gasteiger partial charge >= 0.3 is 0 Å². The molecule has 2 aromatic rings. The molecule has 0 saturated carbocycles. The Morgan fingerprint density at radius 1 is 0.909 bits per heavy atom. The van der Waals surface area contributed by atoms with E-state index in [1.54, 1.807) is 0 Å². The fourth-order valence-electron chi connectivity index (χ4n) is 3.71. The number of allylic oxidation sites excluding steroid dienone is 1. The maximum atomic E-state index is 4.69. The topological polar surface area (TPSA) is 12.4 Å². The molecule has 1 heteroatoms. The van der Waals surface area contributed by atoms with Crippen LogP contribution in [0.5, 0.6) is 0 Å². The second-order valence-electron chi connectivity index (χ2n) is 6.96. The molecule has 1 aliphatic heterocycles. The molecule has 1 heterocycles. The van der Waals surface area contributed by atoms with E-state index >= 15 is 0 Å². The summed E-state index contributed by atoms with van der Waals surface area (Å²) >= 11 is 0. The van der Waals surface area contributed by atoms with Crippen molar-refractivity contribution >= 4 is 6.21 Å². The van der Waals surface area contributed by atoms with Gasteiger partial charge in [-0.15, -0.1) is 0 Å². The van der Waals surface area contributed by atoms with E-state index in [9.17, 15) is 0 Å². The molecule has 1 aliphatic carbocycles. The number of nitrogens with zero attached hydrogens (tertiary/aromatic N) is 1. The number of benzene rings is 2. The van der Waals surface area contributed by atoms with Crippen molar-refractivity contribution in [1.29, 1.82) is 0 Å². The highest BCUT2D eigenvalue weighted by atomic mass is 14.8. The Hall–Kier alpha value is -2.15. The minimum absolute atomic E-state index is 0.0668. The van der Waals surface area contributed by atoms with Crippen LogP contribution >= 0.6 is 0 Å². The molecule has 2 unspecified atom stereocenters. The Morgan fingerprint density at radius 2 is 1.68 bits per heavy atom. The first-order chi connectivity index (χ1) is 10.6. The smallest absolute Gasteiger partial charge is 0.0926 e. The first-order valence-electron chi connectivity index (χ1n) is 8.03. The van der Waals surface area contributed by atoms with Crippen LogP contribution < -0.4 is 0 Å². The third-order valence-electron chi connectivity index (χ3n) is 5.03. The van der Waals surface area contributed by atoms with Crippen LogP contribution in [0.1, 0.15) is 43.5 Å². The van der Waals surface area contributed by atoms with Gasteiger partial charge in [0, 0.05) is 17.5 Å². The van der Waals surface area contributed by atoms with Gasteiger partial charge in [-0.25, -0.2) is 0 Å². The van der Waals surface area contributed by atoms with E-state index in [0.717, 1.165) is 0 Å². The minimum Gasteiger partial charge on any atom is -0.285 e. The molecule has 0 aromatic heterocycles. The molecule has 1 nitrogen and oxygen atoms in total. The van der Waals surface area contributed by atoms with Crippen molar-refractivity contribution in [2.75, 3.05) is 0 Å². The van der Waals surface area contributed by atoms with Crippen LogP contribution in [0.4, 0.5) is 0 Å². The predicted molar refractivity (Wildman–Crippen MR) is 93.5 cm³/mol. The molecule has 2 aromatic carbocycles. The molecule has 0 saturated heterocycles. The lowest BCUT2D eigenvalue weighted by Crippen LogP contribution is -2.15. The molecule has 0 fully saturated rings. The molecule has 110 valence electrons. The lowest BCUT2D eigenvalue weighted by Gasteiger charge is -2.23. The highest BCUT2D eigenvalue weighted by Gasteiger charge is 2.35. The lowest BCUT2D eigenvalue weighted by atomic mass is 9.81. The fraction of sp³-hybridized carbons (Fsp3) is 0.286. The Bertz CT molecular complexity index is 781. The largest absolute Gasteiger partial charge is 0.285 e. The Morgan fingerprint density at radius 3 is 2.45 bits per heavy atom. The molecule has 2 aliphatic rings. The van der Waals surface area contributed by atoms with E-state index in [0.29, 0.717) is 5.92 Å². The van der Waals surface area contributed by atoms with E-state index in [4.69, 9.17) is 4.99 Å². The van der Waals surface area contributed by atoms with Gasteiger partial charge in [-0.2, -0.15) is 0 Å². The van der Waals surface area contributed by atoms with Gasteiger partial charge in [0.2, 0.25) is 0 Å². The second kappa shape index (κ2) is 4.67. The molecule has 4 rings (SSSR count). The fourth-order valence-corrected chi connectivity index (χ4v) is 3.71. The predicted octanol–water partition coefficient (Wildman–Crippen LogP) is 5.31. The molecular formula is C21H21N. The van der Waals surface area contributed by atoms with Gasteiger partial charge in [0.1, 0.15) is 0 Å². The molecule has 2 atom stereocenters. The summed E-state index contributed by atoms with van der Waals surface area (Å²) in [7, 11) is 0. The number of aliphatic imine (C=N–C) groups is 1. The Kier molecular flexibility index (Phi) is 2.87. The van der Waals surface area contributed by atoms with Crippen molar-refractivity contribution in [2.24, 2.45) is 10.9 Å². The zero-order chi connectivity index (χ0) is 15.3. The van der Waals surface area contributed by atoms with Crippen molar-refractivity contribution in [3.05, 3.63) is 71.3 Å².